The summed E-state index contributed by atoms with van der Waals surface area (Å²) in [6, 6.07) is 9.56. The number of rotatable bonds is 4. The standard InChI is InChI=1S/C23H18F4N4O3/c24-18-9-16(10-28)3-6-19(18)30-12-20(33)31(22(21(30)34)7-8-29(13-22)14-32)11-15-1-4-17(5-2-15)23(25,26)27/h1-6,9,14H,7-8,11-13H2/t22-/m0/s1. The molecule has 4 rings (SSSR count). The van der Waals surface area contributed by atoms with Crippen LogP contribution >= 0.6 is 0 Å². The number of nitrogens with zero attached hydrogens (tertiary/aromatic N) is 4. The topological polar surface area (TPSA) is 84.7 Å². The highest BCUT2D eigenvalue weighted by Gasteiger charge is 2.56. The largest absolute Gasteiger partial charge is 0.416 e. The molecular formula is C23H18F4N4O3. The first-order valence-electron chi connectivity index (χ1n) is 10.3. The second kappa shape index (κ2) is 8.44. The Morgan fingerprint density at radius 2 is 1.82 bits per heavy atom. The molecule has 176 valence electrons. The minimum Gasteiger partial charge on any atom is -0.342 e. The van der Waals surface area contributed by atoms with Gasteiger partial charge in [-0.3, -0.25) is 19.3 Å². The number of anilines is 1. The Morgan fingerprint density at radius 1 is 1.12 bits per heavy atom. The number of halogens is 4. The van der Waals surface area contributed by atoms with Crippen LogP contribution < -0.4 is 4.90 Å². The molecule has 1 atom stereocenters. The predicted octanol–water partition coefficient (Wildman–Crippen LogP) is 2.69. The molecule has 2 saturated heterocycles. The van der Waals surface area contributed by atoms with Crippen molar-refractivity contribution < 1.29 is 31.9 Å². The lowest BCUT2D eigenvalue weighted by Gasteiger charge is -2.47. The molecule has 1 spiro atoms. The van der Waals surface area contributed by atoms with Gasteiger partial charge in [-0.15, -0.1) is 0 Å². The third kappa shape index (κ3) is 3.96. The number of carbonyl (C=O) groups is 3. The minimum atomic E-state index is -4.52. The molecule has 11 heteroatoms. The Hall–Kier alpha value is -3.94. The van der Waals surface area contributed by atoms with Gasteiger partial charge in [0.25, 0.3) is 5.91 Å². The molecule has 2 aliphatic rings. The molecule has 3 amide bonds. The number of hydrogen-bond donors (Lipinski definition) is 0. The summed E-state index contributed by atoms with van der Waals surface area (Å²) in [7, 11) is 0. The third-order valence-corrected chi connectivity index (χ3v) is 6.17. The molecule has 0 unspecified atom stereocenters. The summed E-state index contributed by atoms with van der Waals surface area (Å²) in [4.78, 5) is 41.9. The maximum absolute atomic E-state index is 14.7. The predicted molar refractivity (Wildman–Crippen MR) is 110 cm³/mol. The summed E-state index contributed by atoms with van der Waals surface area (Å²) in [6.07, 6.45) is -3.88. The molecule has 2 heterocycles. The van der Waals surface area contributed by atoms with Crippen molar-refractivity contribution >= 4 is 23.9 Å². The fourth-order valence-electron chi connectivity index (χ4n) is 4.42. The number of benzene rings is 2. The van der Waals surface area contributed by atoms with E-state index in [1.165, 1.54) is 34.1 Å². The summed E-state index contributed by atoms with van der Waals surface area (Å²) < 4.78 is 53.4. The van der Waals surface area contributed by atoms with E-state index in [1.807, 2.05) is 0 Å². The van der Waals surface area contributed by atoms with E-state index in [9.17, 15) is 31.9 Å². The van der Waals surface area contributed by atoms with Crippen molar-refractivity contribution in [2.75, 3.05) is 24.5 Å². The second-order valence-corrected chi connectivity index (χ2v) is 8.20. The zero-order valence-electron chi connectivity index (χ0n) is 17.7. The minimum absolute atomic E-state index is 0.0451. The van der Waals surface area contributed by atoms with Crippen LogP contribution in [0.15, 0.2) is 42.5 Å². The van der Waals surface area contributed by atoms with Gasteiger partial charge in [-0.25, -0.2) is 4.39 Å². The smallest absolute Gasteiger partial charge is 0.342 e. The van der Waals surface area contributed by atoms with Gasteiger partial charge in [0.15, 0.2) is 0 Å². The Bertz CT molecular complexity index is 1190. The monoisotopic (exact) mass is 474 g/mol. The SMILES string of the molecule is N#Cc1ccc(N2CC(=O)N(Cc3ccc(C(F)(F)F)cc3)[C@]3(CCN(C=O)C3)C2=O)c(F)c1. The van der Waals surface area contributed by atoms with Crippen LogP contribution in [0.4, 0.5) is 23.2 Å². The molecule has 0 radical (unpaired) electrons. The van der Waals surface area contributed by atoms with Crippen LogP contribution in [0.3, 0.4) is 0 Å². The molecule has 0 aliphatic carbocycles. The molecule has 2 aliphatic heterocycles. The van der Waals surface area contributed by atoms with Crippen molar-refractivity contribution in [3.8, 4) is 6.07 Å². The number of likely N-dealkylation sites (tertiary alicyclic amines) is 1. The van der Waals surface area contributed by atoms with E-state index in [2.05, 4.69) is 0 Å². The zero-order chi connectivity index (χ0) is 24.7. The molecule has 0 aromatic heterocycles. The number of nitriles is 1. The van der Waals surface area contributed by atoms with Gasteiger partial charge in [0.1, 0.15) is 17.9 Å². The molecule has 2 aromatic carbocycles. The fourth-order valence-corrected chi connectivity index (χ4v) is 4.42. The van der Waals surface area contributed by atoms with Crippen LogP contribution in [0, 0.1) is 17.1 Å². The number of alkyl halides is 3. The summed E-state index contributed by atoms with van der Waals surface area (Å²) in [5, 5.41) is 8.96. The first kappa shape index (κ1) is 23.2. The molecule has 2 fully saturated rings. The Kier molecular flexibility index (Phi) is 5.77. The first-order valence-corrected chi connectivity index (χ1v) is 10.3. The lowest BCUT2D eigenvalue weighted by Crippen LogP contribution is -2.69. The van der Waals surface area contributed by atoms with E-state index in [0.29, 0.717) is 12.0 Å². The van der Waals surface area contributed by atoms with Crippen LogP contribution in [0.25, 0.3) is 0 Å². The molecule has 7 nitrogen and oxygen atoms in total. The average Bonchev–Trinajstić information content (AvgIpc) is 3.24. The maximum atomic E-state index is 14.7. The quantitative estimate of drug-likeness (QED) is 0.504. The van der Waals surface area contributed by atoms with Gasteiger partial charge in [-0.1, -0.05) is 12.1 Å². The van der Waals surface area contributed by atoms with Gasteiger partial charge in [-0.05, 0) is 42.3 Å². The van der Waals surface area contributed by atoms with E-state index in [1.54, 1.807) is 6.07 Å². The van der Waals surface area contributed by atoms with Crippen molar-refractivity contribution in [2.24, 2.45) is 0 Å². The number of carbonyl (C=O) groups excluding carboxylic acids is 3. The van der Waals surface area contributed by atoms with E-state index < -0.39 is 41.5 Å². The lowest BCUT2D eigenvalue weighted by atomic mass is 9.89. The van der Waals surface area contributed by atoms with E-state index >= 15 is 0 Å². The third-order valence-electron chi connectivity index (χ3n) is 6.17. The van der Waals surface area contributed by atoms with E-state index in [0.717, 1.165) is 23.1 Å². The van der Waals surface area contributed by atoms with Gasteiger partial charge in [-0.2, -0.15) is 18.4 Å². The molecule has 0 N–H and O–H groups in total. The van der Waals surface area contributed by atoms with Crippen molar-refractivity contribution in [3.05, 3.63) is 65.0 Å². The van der Waals surface area contributed by atoms with Gasteiger partial charge in [0, 0.05) is 13.1 Å². The lowest BCUT2D eigenvalue weighted by molar-refractivity contribution is -0.151. The van der Waals surface area contributed by atoms with Crippen LogP contribution in [0.5, 0.6) is 0 Å². The summed E-state index contributed by atoms with van der Waals surface area (Å²) in [5.41, 5.74) is -2.10. The Labute approximate surface area is 191 Å². The highest BCUT2D eigenvalue weighted by molar-refractivity contribution is 6.09. The number of amides is 3. The maximum Gasteiger partial charge on any atom is 0.416 e. The van der Waals surface area contributed by atoms with Gasteiger partial charge in [0.05, 0.1) is 29.4 Å². The summed E-state index contributed by atoms with van der Waals surface area (Å²) in [5.74, 6) is -2.00. The van der Waals surface area contributed by atoms with E-state index in [-0.39, 0.29) is 37.3 Å². The fraction of sp³-hybridized carbons (Fsp3) is 0.304. The van der Waals surface area contributed by atoms with Gasteiger partial charge < -0.3 is 9.80 Å². The molecule has 34 heavy (non-hydrogen) atoms. The highest BCUT2D eigenvalue weighted by Crippen LogP contribution is 2.37. The van der Waals surface area contributed by atoms with Crippen molar-refractivity contribution in [3.63, 3.8) is 0 Å². The van der Waals surface area contributed by atoms with Crippen molar-refractivity contribution in [2.45, 2.75) is 24.7 Å². The average molecular weight is 474 g/mol. The van der Waals surface area contributed by atoms with Crippen molar-refractivity contribution in [1.82, 2.24) is 9.80 Å². The van der Waals surface area contributed by atoms with Crippen LogP contribution in [0.1, 0.15) is 23.1 Å². The summed E-state index contributed by atoms with van der Waals surface area (Å²) >= 11 is 0. The summed E-state index contributed by atoms with van der Waals surface area (Å²) in [6.45, 7) is -0.601. The zero-order valence-corrected chi connectivity index (χ0v) is 17.7. The highest BCUT2D eigenvalue weighted by atomic mass is 19.4. The molecular weight excluding hydrogens is 456 g/mol. The first-order chi connectivity index (χ1) is 16.1. The van der Waals surface area contributed by atoms with Gasteiger partial charge in [0.2, 0.25) is 12.3 Å². The molecule has 2 aromatic rings. The normalized spacial score (nSPS) is 20.7. The molecule has 0 bridgehead atoms. The Balaban J connectivity index is 1.70. The van der Waals surface area contributed by atoms with E-state index in [4.69, 9.17) is 5.26 Å². The van der Waals surface area contributed by atoms with Crippen LogP contribution in [0.2, 0.25) is 0 Å². The number of piperazine rings is 1. The Morgan fingerprint density at radius 3 is 2.38 bits per heavy atom. The van der Waals surface area contributed by atoms with Gasteiger partial charge >= 0.3 is 6.18 Å². The second-order valence-electron chi connectivity index (χ2n) is 8.20. The van der Waals surface area contributed by atoms with Crippen LogP contribution in [-0.4, -0.2) is 53.2 Å². The van der Waals surface area contributed by atoms with Crippen molar-refractivity contribution in [1.29, 1.82) is 5.26 Å². The molecule has 0 saturated carbocycles. The number of hydrogen-bond acceptors (Lipinski definition) is 4. The van der Waals surface area contributed by atoms with Crippen LogP contribution in [-0.2, 0) is 27.1 Å².